The number of rotatable bonds is 4. The van der Waals surface area contributed by atoms with Crippen LogP contribution in [0.1, 0.15) is 20.2 Å². The summed E-state index contributed by atoms with van der Waals surface area (Å²) in [7, 11) is -3.82. The van der Waals surface area contributed by atoms with Crippen molar-refractivity contribution in [1.82, 2.24) is 15.0 Å². The summed E-state index contributed by atoms with van der Waals surface area (Å²) >= 11 is 1.15. The number of nitrogens with two attached hydrogens (primary N) is 1. The Morgan fingerprint density at radius 1 is 1.22 bits per heavy atom. The number of nitrogens with zero attached hydrogens (tertiary/aromatic N) is 3. The fraction of sp³-hybridized carbons (Fsp3) is 0.125. The predicted molar refractivity (Wildman–Crippen MR) is 98.6 cm³/mol. The summed E-state index contributed by atoms with van der Waals surface area (Å²) in [6, 6.07) is 5.99. The molecule has 2 aromatic heterocycles. The van der Waals surface area contributed by atoms with Crippen molar-refractivity contribution in [2.24, 2.45) is 5.14 Å². The summed E-state index contributed by atoms with van der Waals surface area (Å²) in [5.41, 5.74) is 2.48. The lowest BCUT2D eigenvalue weighted by molar-refractivity contribution is 0.0696. The normalized spacial score (nSPS) is 12.9. The minimum atomic E-state index is -3.82. The van der Waals surface area contributed by atoms with Gasteiger partial charge in [0.1, 0.15) is 5.69 Å². The molecule has 0 radical (unpaired) electrons. The van der Waals surface area contributed by atoms with Crippen molar-refractivity contribution in [3.8, 4) is 11.4 Å². The molecule has 1 aliphatic carbocycles. The average Bonchev–Trinajstić information content (AvgIpc) is 3.06. The van der Waals surface area contributed by atoms with Crippen molar-refractivity contribution in [2.75, 3.05) is 5.32 Å². The molecule has 11 heteroatoms. The number of nitrogens with one attached hydrogen (secondary N) is 1. The molecule has 3 aromatic rings. The third-order valence-electron chi connectivity index (χ3n) is 4.01. The van der Waals surface area contributed by atoms with Crippen molar-refractivity contribution in [3.05, 3.63) is 45.9 Å². The number of aryl methyl sites for hydroxylation is 2. The van der Waals surface area contributed by atoms with Crippen LogP contribution in [0.25, 0.3) is 11.4 Å². The fourth-order valence-corrected chi connectivity index (χ4v) is 4.24. The molecule has 4 rings (SSSR count). The van der Waals surface area contributed by atoms with Crippen molar-refractivity contribution in [1.29, 1.82) is 0 Å². The molecule has 1 aromatic carbocycles. The van der Waals surface area contributed by atoms with E-state index in [4.69, 9.17) is 10.2 Å². The molecule has 0 bridgehead atoms. The Hall–Kier alpha value is -2.89. The third kappa shape index (κ3) is 3.39. The van der Waals surface area contributed by atoms with E-state index in [2.05, 4.69) is 20.3 Å². The molecule has 0 atom stereocenters. The minimum absolute atomic E-state index is 0.0293. The minimum Gasteiger partial charge on any atom is -0.476 e. The summed E-state index contributed by atoms with van der Waals surface area (Å²) in [6.45, 7) is 0. The number of hydrogen-bond donors (Lipinski definition) is 3. The van der Waals surface area contributed by atoms with Gasteiger partial charge in [-0.1, -0.05) is 6.07 Å². The highest BCUT2D eigenvalue weighted by atomic mass is 32.2. The van der Waals surface area contributed by atoms with Gasteiger partial charge in [-0.25, -0.2) is 33.3 Å². The highest BCUT2D eigenvalue weighted by Gasteiger charge is 2.25. The van der Waals surface area contributed by atoms with Crippen LogP contribution in [0.5, 0.6) is 0 Å². The molecule has 0 aliphatic heterocycles. The Morgan fingerprint density at radius 3 is 2.78 bits per heavy atom. The largest absolute Gasteiger partial charge is 0.476 e. The van der Waals surface area contributed by atoms with Crippen molar-refractivity contribution in [2.45, 2.75) is 17.7 Å². The van der Waals surface area contributed by atoms with Gasteiger partial charge < -0.3 is 10.4 Å². The monoisotopic (exact) mass is 403 g/mol. The quantitative estimate of drug-likeness (QED) is 0.597. The fourth-order valence-electron chi connectivity index (χ4n) is 2.78. The number of carboxylic acid groups (broad SMARTS) is 1. The molecule has 27 heavy (non-hydrogen) atoms. The van der Waals surface area contributed by atoms with E-state index in [1.54, 1.807) is 18.3 Å². The Bertz CT molecular complexity index is 1170. The van der Waals surface area contributed by atoms with Crippen LogP contribution < -0.4 is 10.5 Å². The van der Waals surface area contributed by atoms with E-state index in [-0.39, 0.29) is 15.9 Å². The lowest BCUT2D eigenvalue weighted by Crippen LogP contribution is -2.12. The van der Waals surface area contributed by atoms with Crippen LogP contribution in [0.4, 0.5) is 11.6 Å². The molecule has 0 fully saturated rings. The summed E-state index contributed by atoms with van der Waals surface area (Å²) in [5.74, 6) is -0.818. The van der Waals surface area contributed by atoms with Gasteiger partial charge in [-0.2, -0.15) is 0 Å². The molecule has 4 N–H and O–H groups in total. The summed E-state index contributed by atoms with van der Waals surface area (Å²) in [6.07, 6.45) is 3.06. The van der Waals surface area contributed by atoms with E-state index in [1.807, 2.05) is 0 Å². The van der Waals surface area contributed by atoms with Gasteiger partial charge in [0, 0.05) is 16.8 Å². The van der Waals surface area contributed by atoms with Crippen LogP contribution in [0.15, 0.2) is 35.4 Å². The summed E-state index contributed by atoms with van der Waals surface area (Å²) in [5, 5.41) is 17.3. The number of thiazole rings is 1. The number of sulfonamides is 1. The molecule has 0 spiro atoms. The van der Waals surface area contributed by atoms with Crippen LogP contribution in [0.2, 0.25) is 0 Å². The zero-order chi connectivity index (χ0) is 19.2. The van der Waals surface area contributed by atoms with Crippen molar-refractivity contribution < 1.29 is 18.3 Å². The Labute approximate surface area is 158 Å². The summed E-state index contributed by atoms with van der Waals surface area (Å²) < 4.78 is 23.0. The lowest BCUT2D eigenvalue weighted by Gasteiger charge is -2.15. The second kappa shape index (κ2) is 6.37. The van der Waals surface area contributed by atoms with Gasteiger partial charge in [0.15, 0.2) is 0 Å². The maximum absolute atomic E-state index is 11.5. The predicted octanol–water partition coefficient (Wildman–Crippen LogP) is 1.79. The molecule has 9 nitrogen and oxygen atoms in total. The van der Waals surface area contributed by atoms with Gasteiger partial charge in [-0.05, 0) is 36.6 Å². The van der Waals surface area contributed by atoms with E-state index in [0.29, 0.717) is 29.9 Å². The van der Waals surface area contributed by atoms with Crippen LogP contribution in [-0.2, 0) is 22.9 Å². The topological polar surface area (TPSA) is 148 Å². The summed E-state index contributed by atoms with van der Waals surface area (Å²) in [4.78, 5) is 24.9. The van der Waals surface area contributed by atoms with Crippen molar-refractivity contribution in [3.63, 3.8) is 0 Å². The SMILES string of the molecule is NS(=O)(=O)c1cccc(Nc2ncc3c(n2)-c2nc(C(=O)O)sc2CC3)c1. The Kier molecular flexibility index (Phi) is 4.13. The smallest absolute Gasteiger partial charge is 0.365 e. The van der Waals surface area contributed by atoms with Crippen LogP contribution in [0.3, 0.4) is 0 Å². The first-order valence-corrected chi connectivity index (χ1v) is 10.2. The highest BCUT2D eigenvalue weighted by Crippen LogP contribution is 2.35. The number of aromatic carboxylic acids is 1. The molecule has 0 unspecified atom stereocenters. The number of aromatic nitrogens is 3. The van der Waals surface area contributed by atoms with Gasteiger partial charge in [0.05, 0.1) is 10.6 Å². The first-order valence-electron chi connectivity index (χ1n) is 7.80. The Morgan fingerprint density at radius 2 is 2.04 bits per heavy atom. The number of carboxylic acids is 1. The lowest BCUT2D eigenvalue weighted by atomic mass is 10.00. The van der Waals surface area contributed by atoms with Gasteiger partial charge in [-0.15, -0.1) is 11.3 Å². The van der Waals surface area contributed by atoms with Crippen LogP contribution in [-0.4, -0.2) is 34.4 Å². The molecule has 0 saturated heterocycles. The highest BCUT2D eigenvalue weighted by molar-refractivity contribution is 7.89. The van der Waals surface area contributed by atoms with Crippen molar-refractivity contribution >= 4 is 39.0 Å². The average molecular weight is 403 g/mol. The van der Waals surface area contributed by atoms with E-state index in [0.717, 1.165) is 21.8 Å². The zero-order valence-electron chi connectivity index (χ0n) is 13.7. The Balaban J connectivity index is 1.70. The molecular formula is C16H13N5O4S2. The third-order valence-corrected chi connectivity index (χ3v) is 6.02. The standard InChI is InChI=1S/C16H13N5O4S2/c17-27(24,25)10-3-1-2-9(6-10)19-16-18-7-8-4-5-11-13(12(8)21-16)20-14(26-11)15(22)23/h1-3,6-7H,4-5H2,(H,22,23)(H2,17,24,25)(H,18,19,21). The maximum Gasteiger partial charge on any atom is 0.365 e. The van der Waals surface area contributed by atoms with Crippen LogP contribution >= 0.6 is 11.3 Å². The number of anilines is 2. The van der Waals surface area contributed by atoms with E-state index in [9.17, 15) is 13.2 Å². The molecule has 0 amide bonds. The number of hydrogen-bond acceptors (Lipinski definition) is 8. The zero-order valence-corrected chi connectivity index (χ0v) is 15.3. The second-order valence-electron chi connectivity index (χ2n) is 5.86. The molecule has 2 heterocycles. The first-order chi connectivity index (χ1) is 12.8. The molecular weight excluding hydrogens is 390 g/mol. The number of primary sulfonamides is 1. The maximum atomic E-state index is 11.5. The van der Waals surface area contributed by atoms with Gasteiger partial charge in [-0.3, -0.25) is 0 Å². The van der Waals surface area contributed by atoms with E-state index >= 15 is 0 Å². The van der Waals surface area contributed by atoms with E-state index in [1.165, 1.54) is 12.1 Å². The second-order valence-corrected chi connectivity index (χ2v) is 8.51. The van der Waals surface area contributed by atoms with E-state index < -0.39 is 16.0 Å². The van der Waals surface area contributed by atoms with Gasteiger partial charge in [0.25, 0.3) is 0 Å². The van der Waals surface area contributed by atoms with Gasteiger partial charge in [0.2, 0.25) is 21.0 Å². The molecule has 0 saturated carbocycles. The number of carbonyl (C=O) groups is 1. The molecule has 1 aliphatic rings. The molecule has 138 valence electrons. The first kappa shape index (κ1) is 17.5. The number of benzene rings is 1. The van der Waals surface area contributed by atoms with Crippen LogP contribution in [0, 0.1) is 0 Å². The number of fused-ring (bicyclic) bond motifs is 3. The van der Waals surface area contributed by atoms with Gasteiger partial charge >= 0.3 is 5.97 Å².